The number of hydrogen-bond acceptors (Lipinski definition) is 6. The van der Waals surface area contributed by atoms with Gasteiger partial charge in [0.2, 0.25) is 0 Å². The van der Waals surface area contributed by atoms with E-state index in [1.807, 2.05) is 48.3 Å². The number of methoxy groups -OCH3 is 2. The van der Waals surface area contributed by atoms with Gasteiger partial charge in [0.1, 0.15) is 29.9 Å². The fourth-order valence-corrected chi connectivity index (χ4v) is 3.44. The van der Waals surface area contributed by atoms with Gasteiger partial charge in [-0.15, -0.1) is 0 Å². The van der Waals surface area contributed by atoms with Gasteiger partial charge < -0.3 is 14.8 Å². The number of carbonyl (C=O) groups is 1. The highest BCUT2D eigenvalue weighted by atomic mass is 16.5. The lowest BCUT2D eigenvalue weighted by Gasteiger charge is -2.15. The van der Waals surface area contributed by atoms with Gasteiger partial charge in [0, 0.05) is 30.9 Å². The van der Waals surface area contributed by atoms with E-state index in [1.165, 1.54) is 14.2 Å². The maximum Gasteiger partial charge on any atom is 0.259 e. The molecule has 0 saturated carbocycles. The van der Waals surface area contributed by atoms with E-state index >= 15 is 0 Å². The molecule has 4 rings (SSSR count). The molecule has 4 aromatic rings. The van der Waals surface area contributed by atoms with Gasteiger partial charge in [0.25, 0.3) is 5.91 Å². The lowest BCUT2D eigenvalue weighted by Crippen LogP contribution is -2.24. The van der Waals surface area contributed by atoms with Crippen molar-refractivity contribution in [3.05, 3.63) is 54.6 Å². The van der Waals surface area contributed by atoms with E-state index in [1.54, 1.807) is 23.1 Å². The third-order valence-electron chi connectivity index (χ3n) is 4.91. The number of nitriles is 1. The minimum Gasteiger partial charge on any atom is -0.496 e. The van der Waals surface area contributed by atoms with E-state index in [9.17, 15) is 4.79 Å². The molecule has 0 spiro atoms. The summed E-state index contributed by atoms with van der Waals surface area (Å²) in [4.78, 5) is 17.0. The molecule has 0 saturated heterocycles. The Bertz CT molecular complexity index is 1290. The Morgan fingerprint density at radius 2 is 1.90 bits per heavy atom. The van der Waals surface area contributed by atoms with Gasteiger partial charge in [0.15, 0.2) is 0 Å². The van der Waals surface area contributed by atoms with Gasteiger partial charge in [-0.1, -0.05) is 6.07 Å². The number of aryl methyl sites for hydroxylation is 1. The molecule has 9 heteroatoms. The number of fused-ring (bicyclic) bond motifs is 1. The van der Waals surface area contributed by atoms with Crippen LogP contribution in [0.25, 0.3) is 27.8 Å². The van der Waals surface area contributed by atoms with Crippen molar-refractivity contribution < 1.29 is 14.3 Å². The monoisotopic (exact) mass is 416 g/mol. The second kappa shape index (κ2) is 8.20. The summed E-state index contributed by atoms with van der Waals surface area (Å²) in [5.74, 6) is 0.218. The minimum absolute atomic E-state index is 0.113. The minimum atomic E-state index is -0.446. The van der Waals surface area contributed by atoms with Crippen LogP contribution in [0.4, 0.5) is 0 Å². The normalized spacial score (nSPS) is 10.6. The first kappa shape index (κ1) is 20.0. The van der Waals surface area contributed by atoms with Crippen LogP contribution < -0.4 is 14.8 Å². The van der Waals surface area contributed by atoms with Gasteiger partial charge in [-0.25, -0.2) is 4.98 Å². The second-order valence-electron chi connectivity index (χ2n) is 6.79. The molecule has 1 N–H and O–H groups in total. The molecule has 0 aliphatic rings. The number of hydrogen-bond donors (Lipinski definition) is 1. The van der Waals surface area contributed by atoms with Crippen LogP contribution in [0.5, 0.6) is 11.5 Å². The third-order valence-corrected chi connectivity index (χ3v) is 4.91. The zero-order valence-electron chi connectivity index (χ0n) is 17.3. The van der Waals surface area contributed by atoms with Crippen LogP contribution in [0.15, 0.2) is 49.1 Å². The van der Waals surface area contributed by atoms with Crippen LogP contribution in [-0.2, 0) is 7.05 Å². The van der Waals surface area contributed by atoms with E-state index in [-0.39, 0.29) is 12.1 Å². The molecule has 0 aliphatic heterocycles. The zero-order valence-corrected chi connectivity index (χ0v) is 17.3. The molecule has 0 aliphatic carbocycles. The summed E-state index contributed by atoms with van der Waals surface area (Å²) in [6.45, 7) is -0.113. The number of carbonyl (C=O) groups excluding carboxylic acids is 1. The number of nitrogens with zero attached hydrogens (tertiary/aromatic N) is 5. The summed E-state index contributed by atoms with van der Waals surface area (Å²) in [7, 11) is 4.83. The Labute approximate surface area is 178 Å². The lowest BCUT2D eigenvalue weighted by atomic mass is 10.1. The quantitative estimate of drug-likeness (QED) is 0.484. The van der Waals surface area contributed by atoms with Gasteiger partial charge in [-0.3, -0.25) is 14.0 Å². The fourth-order valence-electron chi connectivity index (χ4n) is 3.44. The highest BCUT2D eigenvalue weighted by Gasteiger charge is 2.21. The van der Waals surface area contributed by atoms with Gasteiger partial charge in [0.05, 0.1) is 43.2 Å². The molecule has 0 radical (unpaired) electrons. The fraction of sp³-hybridized carbons (Fsp3) is 0.182. The molecule has 156 valence electrons. The van der Waals surface area contributed by atoms with E-state index in [2.05, 4.69) is 15.4 Å². The smallest absolute Gasteiger partial charge is 0.259 e. The molecule has 2 heterocycles. The van der Waals surface area contributed by atoms with E-state index in [0.29, 0.717) is 11.5 Å². The van der Waals surface area contributed by atoms with Gasteiger partial charge in [-0.05, 0) is 17.7 Å². The first-order chi connectivity index (χ1) is 15.0. The topological polar surface area (TPSA) is 107 Å². The van der Waals surface area contributed by atoms with Gasteiger partial charge in [-0.2, -0.15) is 10.4 Å². The average Bonchev–Trinajstić information content (AvgIpc) is 3.42. The summed E-state index contributed by atoms with van der Waals surface area (Å²) in [6, 6.07) is 11.3. The number of rotatable bonds is 6. The number of benzene rings is 2. The molecule has 9 nitrogen and oxygen atoms in total. The molecule has 31 heavy (non-hydrogen) atoms. The summed E-state index contributed by atoms with van der Waals surface area (Å²) in [5, 5.41) is 15.5. The zero-order chi connectivity index (χ0) is 22.0. The molecule has 0 unspecified atom stereocenters. The second-order valence-corrected chi connectivity index (χ2v) is 6.79. The van der Waals surface area contributed by atoms with Crippen LogP contribution in [0.2, 0.25) is 0 Å². The van der Waals surface area contributed by atoms with Crippen molar-refractivity contribution in [2.45, 2.75) is 0 Å². The number of nitrogens with one attached hydrogen (secondary N) is 1. The Morgan fingerprint density at radius 1 is 1.16 bits per heavy atom. The average molecular weight is 416 g/mol. The predicted octanol–water partition coefficient (Wildman–Crippen LogP) is 2.70. The van der Waals surface area contributed by atoms with Crippen LogP contribution in [0.1, 0.15) is 10.4 Å². The van der Waals surface area contributed by atoms with Crippen LogP contribution in [0.3, 0.4) is 0 Å². The maximum absolute atomic E-state index is 12.5. The van der Waals surface area contributed by atoms with Crippen molar-refractivity contribution in [2.75, 3.05) is 20.8 Å². The summed E-state index contributed by atoms with van der Waals surface area (Å²) >= 11 is 0. The molecule has 2 aromatic heterocycles. The Balaban J connectivity index is 1.78. The maximum atomic E-state index is 12.5. The Kier molecular flexibility index (Phi) is 5.28. The van der Waals surface area contributed by atoms with Crippen LogP contribution in [0, 0.1) is 11.3 Å². The third kappa shape index (κ3) is 3.67. The van der Waals surface area contributed by atoms with E-state index in [4.69, 9.17) is 14.7 Å². The lowest BCUT2D eigenvalue weighted by molar-refractivity contribution is 0.0952. The molecular formula is C22H20N6O3. The number of aromatic nitrogens is 4. The molecule has 1 amide bonds. The predicted molar refractivity (Wildman–Crippen MR) is 114 cm³/mol. The van der Waals surface area contributed by atoms with Gasteiger partial charge >= 0.3 is 0 Å². The van der Waals surface area contributed by atoms with Crippen molar-refractivity contribution in [1.82, 2.24) is 24.6 Å². The number of imidazole rings is 1. The van der Waals surface area contributed by atoms with E-state index < -0.39 is 5.91 Å². The number of ether oxygens (including phenoxy) is 2. The van der Waals surface area contributed by atoms with Crippen molar-refractivity contribution in [3.63, 3.8) is 0 Å². The summed E-state index contributed by atoms with van der Waals surface area (Å²) in [5.41, 5.74) is 4.68. The van der Waals surface area contributed by atoms with Crippen molar-refractivity contribution >= 4 is 16.9 Å². The molecule has 2 aromatic carbocycles. The van der Waals surface area contributed by atoms with Crippen LogP contribution in [-0.4, -0.2) is 46.0 Å². The molecular weight excluding hydrogens is 396 g/mol. The number of amides is 1. The molecule has 0 atom stereocenters. The highest BCUT2D eigenvalue weighted by Crippen LogP contribution is 2.34. The summed E-state index contributed by atoms with van der Waals surface area (Å²) in [6.07, 6.45) is 5.47. The van der Waals surface area contributed by atoms with Crippen molar-refractivity contribution in [1.29, 1.82) is 5.26 Å². The first-order valence-electron chi connectivity index (χ1n) is 9.43. The van der Waals surface area contributed by atoms with Crippen molar-refractivity contribution in [3.8, 4) is 34.4 Å². The molecule has 0 fully saturated rings. The highest BCUT2D eigenvalue weighted by molar-refractivity contribution is 6.00. The first-order valence-corrected chi connectivity index (χ1v) is 9.43. The van der Waals surface area contributed by atoms with Crippen molar-refractivity contribution in [2.24, 2.45) is 7.05 Å². The standard InChI is InChI=1S/C22H20N6O3/c1-27-12-15(11-26-27)14-4-5-18-17(8-14)25-13-28(18)16-9-19(30-2)21(20(10-16)31-3)22(29)24-7-6-23/h4-5,8-13H,7H2,1-3H3,(H,24,29). The van der Waals surface area contributed by atoms with E-state index in [0.717, 1.165) is 27.8 Å². The Hall–Kier alpha value is -4.32. The Morgan fingerprint density at radius 3 is 2.52 bits per heavy atom. The molecule has 0 bridgehead atoms. The summed E-state index contributed by atoms with van der Waals surface area (Å²) < 4.78 is 14.6. The SMILES string of the molecule is COc1cc(-n2cnc3cc(-c4cnn(C)c4)ccc32)cc(OC)c1C(=O)NCC#N. The largest absolute Gasteiger partial charge is 0.496 e. The van der Waals surface area contributed by atoms with Crippen LogP contribution >= 0.6 is 0 Å².